The summed E-state index contributed by atoms with van der Waals surface area (Å²) >= 11 is 0. The van der Waals surface area contributed by atoms with Gasteiger partial charge in [0, 0.05) is 19.1 Å². The van der Waals surface area contributed by atoms with Crippen molar-refractivity contribution >= 4 is 0 Å². The summed E-state index contributed by atoms with van der Waals surface area (Å²) in [5.74, 6) is 0. The van der Waals surface area contributed by atoms with Gasteiger partial charge in [0.15, 0.2) is 0 Å². The molecule has 1 rings (SSSR count). The molecule has 1 heterocycles. The largest absolute Gasteiger partial charge is 0.386 e. The third-order valence-corrected chi connectivity index (χ3v) is 1.71. The second-order valence-corrected chi connectivity index (χ2v) is 2.50. The Morgan fingerprint density at radius 1 is 1.75 bits per heavy atom. The molecule has 0 bridgehead atoms. The van der Waals surface area contributed by atoms with Gasteiger partial charge < -0.3 is 16.2 Å². The van der Waals surface area contributed by atoms with Gasteiger partial charge in [0.1, 0.15) is 5.60 Å². The Morgan fingerprint density at radius 2 is 2.25 bits per heavy atom. The molecular weight excluding hydrogens is 104 g/mol. The predicted molar refractivity (Wildman–Crippen MR) is 31.5 cm³/mol. The second kappa shape index (κ2) is 1.69. The first kappa shape index (κ1) is 6.01. The first-order chi connectivity index (χ1) is 3.65. The molecule has 0 aliphatic carbocycles. The Kier molecular flexibility index (Phi) is 1.27. The molecule has 8 heavy (non-hydrogen) atoms. The van der Waals surface area contributed by atoms with E-state index in [4.69, 9.17) is 5.73 Å². The molecule has 1 fully saturated rings. The Balaban J connectivity index is 2.41. The first-order valence-corrected chi connectivity index (χ1v) is 2.84. The number of aliphatic hydroxyl groups is 1. The minimum Gasteiger partial charge on any atom is -0.386 e. The van der Waals surface area contributed by atoms with Gasteiger partial charge in [0.25, 0.3) is 0 Å². The quantitative estimate of drug-likeness (QED) is 0.398. The van der Waals surface area contributed by atoms with Crippen molar-refractivity contribution in [3.8, 4) is 0 Å². The van der Waals surface area contributed by atoms with Crippen LogP contribution in [0.25, 0.3) is 0 Å². The molecule has 0 aromatic heterocycles. The molecule has 0 radical (unpaired) electrons. The number of rotatable bonds is 1. The van der Waals surface area contributed by atoms with Crippen molar-refractivity contribution in [1.29, 1.82) is 0 Å². The van der Waals surface area contributed by atoms with Crippen molar-refractivity contribution in [3.05, 3.63) is 0 Å². The molecule has 1 saturated heterocycles. The van der Waals surface area contributed by atoms with E-state index in [1.54, 1.807) is 0 Å². The van der Waals surface area contributed by atoms with Gasteiger partial charge in [0.2, 0.25) is 0 Å². The predicted octanol–water partition coefficient (Wildman–Crippen LogP) is -1.33. The zero-order valence-electron chi connectivity index (χ0n) is 5.02. The number of β-amino-alcohol motifs (C(OH)–C–C–N with tert-alkyl or cyclic N) is 1. The van der Waals surface area contributed by atoms with E-state index in [2.05, 4.69) is 5.32 Å². The maximum absolute atomic E-state index is 9.30. The molecule has 4 N–H and O–H groups in total. The third kappa shape index (κ3) is 0.727. The van der Waals surface area contributed by atoms with Crippen molar-refractivity contribution in [2.75, 3.05) is 13.1 Å². The van der Waals surface area contributed by atoms with Gasteiger partial charge in [-0.25, -0.2) is 0 Å². The van der Waals surface area contributed by atoms with E-state index < -0.39 is 5.60 Å². The van der Waals surface area contributed by atoms with E-state index in [-0.39, 0.29) is 6.04 Å². The molecular formula is C5H12N2O. The Hall–Kier alpha value is -0.120. The Morgan fingerprint density at radius 3 is 2.25 bits per heavy atom. The van der Waals surface area contributed by atoms with Crippen LogP contribution in [0.15, 0.2) is 0 Å². The number of nitrogens with one attached hydrogen (secondary N) is 1. The first-order valence-electron chi connectivity index (χ1n) is 2.84. The summed E-state index contributed by atoms with van der Waals surface area (Å²) in [6.07, 6.45) is 0. The minimum absolute atomic E-state index is 0.108. The second-order valence-electron chi connectivity index (χ2n) is 2.50. The SMILES string of the molecule is C[C@H](N)C1(O)CNC1. The summed E-state index contributed by atoms with van der Waals surface area (Å²) in [6.45, 7) is 3.11. The van der Waals surface area contributed by atoms with Gasteiger partial charge in [0.05, 0.1) is 0 Å². The van der Waals surface area contributed by atoms with E-state index in [9.17, 15) is 5.11 Å². The summed E-state index contributed by atoms with van der Waals surface area (Å²) in [5, 5.41) is 12.3. The molecule has 3 nitrogen and oxygen atoms in total. The van der Waals surface area contributed by atoms with Crippen LogP contribution in [0.2, 0.25) is 0 Å². The average Bonchev–Trinajstić information content (AvgIpc) is 1.60. The Labute approximate surface area is 48.9 Å². The van der Waals surface area contributed by atoms with Crippen molar-refractivity contribution in [2.45, 2.75) is 18.6 Å². The van der Waals surface area contributed by atoms with Gasteiger partial charge >= 0.3 is 0 Å². The number of nitrogens with two attached hydrogens (primary N) is 1. The van der Waals surface area contributed by atoms with Crippen LogP contribution in [0.3, 0.4) is 0 Å². The summed E-state index contributed by atoms with van der Waals surface area (Å²) in [4.78, 5) is 0. The van der Waals surface area contributed by atoms with Crippen molar-refractivity contribution in [3.63, 3.8) is 0 Å². The van der Waals surface area contributed by atoms with Gasteiger partial charge in [-0.15, -0.1) is 0 Å². The maximum atomic E-state index is 9.30. The molecule has 48 valence electrons. The summed E-state index contributed by atoms with van der Waals surface area (Å²) in [7, 11) is 0. The van der Waals surface area contributed by atoms with E-state index in [1.165, 1.54) is 0 Å². The fourth-order valence-electron chi connectivity index (χ4n) is 0.703. The van der Waals surface area contributed by atoms with E-state index in [0.29, 0.717) is 13.1 Å². The van der Waals surface area contributed by atoms with E-state index in [1.807, 2.05) is 6.92 Å². The van der Waals surface area contributed by atoms with Crippen LogP contribution in [0, 0.1) is 0 Å². The molecule has 3 heteroatoms. The lowest BCUT2D eigenvalue weighted by Crippen LogP contribution is -2.67. The molecule has 0 spiro atoms. The number of hydrogen-bond acceptors (Lipinski definition) is 3. The highest BCUT2D eigenvalue weighted by Gasteiger charge is 2.37. The maximum Gasteiger partial charge on any atom is 0.104 e. The molecule has 0 aromatic rings. The van der Waals surface area contributed by atoms with Crippen LogP contribution in [0.4, 0.5) is 0 Å². The summed E-state index contributed by atoms with van der Waals surface area (Å²) in [5.41, 5.74) is 4.83. The minimum atomic E-state index is -0.611. The van der Waals surface area contributed by atoms with Crippen LogP contribution in [-0.4, -0.2) is 29.8 Å². The fraction of sp³-hybridized carbons (Fsp3) is 1.00. The number of hydrogen-bond donors (Lipinski definition) is 3. The van der Waals surface area contributed by atoms with E-state index >= 15 is 0 Å². The standard InChI is InChI=1S/C5H12N2O/c1-4(6)5(8)2-7-3-5/h4,7-8H,2-3,6H2,1H3/t4-/m0/s1. The lowest BCUT2D eigenvalue weighted by Gasteiger charge is -2.40. The van der Waals surface area contributed by atoms with Crippen molar-refractivity contribution in [1.82, 2.24) is 5.32 Å². The molecule has 0 saturated carbocycles. The van der Waals surface area contributed by atoms with Gasteiger partial charge in [-0.05, 0) is 6.92 Å². The van der Waals surface area contributed by atoms with Crippen molar-refractivity contribution in [2.24, 2.45) is 5.73 Å². The lowest BCUT2D eigenvalue weighted by atomic mass is 9.90. The summed E-state index contributed by atoms with van der Waals surface area (Å²) in [6, 6.07) is -0.108. The van der Waals surface area contributed by atoms with Crippen molar-refractivity contribution < 1.29 is 5.11 Å². The van der Waals surface area contributed by atoms with Crippen LogP contribution < -0.4 is 11.1 Å². The highest BCUT2D eigenvalue weighted by molar-refractivity contribution is 4.98. The van der Waals surface area contributed by atoms with Crippen LogP contribution in [0.5, 0.6) is 0 Å². The van der Waals surface area contributed by atoms with Crippen LogP contribution >= 0.6 is 0 Å². The molecule has 0 amide bonds. The van der Waals surface area contributed by atoms with Gasteiger partial charge in [-0.3, -0.25) is 0 Å². The summed E-state index contributed by atoms with van der Waals surface area (Å²) < 4.78 is 0. The topological polar surface area (TPSA) is 58.3 Å². The van der Waals surface area contributed by atoms with Gasteiger partial charge in [-0.2, -0.15) is 0 Å². The fourth-order valence-corrected chi connectivity index (χ4v) is 0.703. The third-order valence-electron chi connectivity index (χ3n) is 1.71. The molecule has 1 aliphatic heterocycles. The molecule has 0 aromatic carbocycles. The zero-order valence-corrected chi connectivity index (χ0v) is 5.02. The highest BCUT2D eigenvalue weighted by atomic mass is 16.3. The van der Waals surface area contributed by atoms with E-state index in [0.717, 1.165) is 0 Å². The molecule has 0 unspecified atom stereocenters. The highest BCUT2D eigenvalue weighted by Crippen LogP contribution is 2.12. The lowest BCUT2D eigenvalue weighted by molar-refractivity contribution is -0.0274. The Bertz CT molecular complexity index is 88.4. The smallest absolute Gasteiger partial charge is 0.104 e. The average molecular weight is 116 g/mol. The van der Waals surface area contributed by atoms with Crippen LogP contribution in [-0.2, 0) is 0 Å². The molecule has 1 aliphatic rings. The van der Waals surface area contributed by atoms with Gasteiger partial charge in [-0.1, -0.05) is 0 Å². The zero-order chi connectivity index (χ0) is 6.20. The molecule has 1 atom stereocenters. The van der Waals surface area contributed by atoms with Crippen LogP contribution in [0.1, 0.15) is 6.92 Å². The normalized spacial score (nSPS) is 28.9. The monoisotopic (exact) mass is 116 g/mol.